The van der Waals surface area contributed by atoms with Crippen LogP contribution in [-0.4, -0.2) is 60.6 Å². The summed E-state index contributed by atoms with van der Waals surface area (Å²) in [6.45, 7) is 7.76. The van der Waals surface area contributed by atoms with Crippen molar-refractivity contribution in [3.05, 3.63) is 52.7 Å². The molecule has 0 atom stereocenters. The summed E-state index contributed by atoms with van der Waals surface area (Å²) < 4.78 is 5.56. The summed E-state index contributed by atoms with van der Waals surface area (Å²) >= 11 is 6.16. The van der Waals surface area contributed by atoms with Crippen LogP contribution in [0, 0.1) is 13.8 Å². The lowest BCUT2D eigenvalue weighted by molar-refractivity contribution is -0.118. The summed E-state index contributed by atoms with van der Waals surface area (Å²) in [6.07, 6.45) is 1.10. The van der Waals surface area contributed by atoms with E-state index in [-0.39, 0.29) is 12.5 Å². The smallest absolute Gasteiger partial charge is 0.262 e. The Kier molecular flexibility index (Phi) is 6.77. The molecule has 0 aliphatic carbocycles. The van der Waals surface area contributed by atoms with Crippen LogP contribution in [0.5, 0.6) is 5.75 Å². The van der Waals surface area contributed by atoms with Crippen LogP contribution in [0.2, 0.25) is 5.02 Å². The Labute approximate surface area is 193 Å². The molecule has 32 heavy (non-hydrogen) atoms. The number of nitrogens with zero attached hydrogens (tertiary/aromatic N) is 4. The van der Waals surface area contributed by atoms with Gasteiger partial charge in [-0.1, -0.05) is 17.7 Å². The number of amides is 1. The highest BCUT2D eigenvalue weighted by molar-refractivity contribution is 6.32. The third kappa shape index (κ3) is 5.29. The fourth-order valence-corrected chi connectivity index (χ4v) is 4.08. The molecule has 7 nitrogen and oxygen atoms in total. The maximum Gasteiger partial charge on any atom is 0.262 e. The zero-order chi connectivity index (χ0) is 22.7. The second-order valence-electron chi connectivity index (χ2n) is 8.26. The number of nitrogens with one attached hydrogen (secondary N) is 1. The molecule has 0 saturated carbocycles. The molecule has 2 heterocycles. The summed E-state index contributed by atoms with van der Waals surface area (Å²) in [6, 6.07) is 11.1. The molecule has 1 aliphatic rings. The monoisotopic (exact) mass is 453 g/mol. The van der Waals surface area contributed by atoms with Gasteiger partial charge in [0.1, 0.15) is 5.75 Å². The lowest BCUT2D eigenvalue weighted by Crippen LogP contribution is -2.30. The minimum absolute atomic E-state index is 0.126. The normalized spacial score (nSPS) is 14.9. The summed E-state index contributed by atoms with van der Waals surface area (Å²) in [4.78, 5) is 26.5. The van der Waals surface area contributed by atoms with Crippen molar-refractivity contribution in [2.24, 2.45) is 0 Å². The number of halogens is 1. The van der Waals surface area contributed by atoms with Crippen molar-refractivity contribution >= 4 is 40.0 Å². The molecule has 0 radical (unpaired) electrons. The van der Waals surface area contributed by atoms with Crippen LogP contribution in [0.4, 0.5) is 11.6 Å². The van der Waals surface area contributed by atoms with E-state index >= 15 is 0 Å². The number of rotatable bonds is 5. The van der Waals surface area contributed by atoms with Gasteiger partial charge in [-0.15, -0.1) is 0 Å². The zero-order valence-electron chi connectivity index (χ0n) is 18.7. The van der Waals surface area contributed by atoms with Crippen molar-refractivity contribution in [3.8, 4) is 5.75 Å². The topological polar surface area (TPSA) is 70.6 Å². The largest absolute Gasteiger partial charge is 0.482 e. The zero-order valence-corrected chi connectivity index (χ0v) is 19.4. The number of fused-ring (bicyclic) bond motifs is 1. The SMILES string of the molecule is Cc1ccc(OCC(=O)Nc2ccc3nc(N4CCCN(C)CC4)nc(C)c3c2)c(Cl)c1. The van der Waals surface area contributed by atoms with E-state index in [0.717, 1.165) is 60.7 Å². The molecule has 1 aromatic heterocycles. The van der Waals surface area contributed by atoms with E-state index in [1.54, 1.807) is 12.1 Å². The first-order valence-corrected chi connectivity index (χ1v) is 11.2. The van der Waals surface area contributed by atoms with Gasteiger partial charge in [-0.3, -0.25) is 4.79 Å². The van der Waals surface area contributed by atoms with E-state index in [9.17, 15) is 4.79 Å². The quantitative estimate of drug-likeness (QED) is 0.628. The third-order valence-electron chi connectivity index (χ3n) is 5.61. The van der Waals surface area contributed by atoms with Crippen LogP contribution < -0.4 is 15.0 Å². The van der Waals surface area contributed by atoms with Crippen molar-refractivity contribution in [1.29, 1.82) is 0 Å². The highest BCUT2D eigenvalue weighted by atomic mass is 35.5. The molecule has 1 amide bonds. The Morgan fingerprint density at radius 1 is 1.09 bits per heavy atom. The average Bonchev–Trinajstić information content (AvgIpc) is 2.98. The van der Waals surface area contributed by atoms with Crippen molar-refractivity contribution in [3.63, 3.8) is 0 Å². The fourth-order valence-electron chi connectivity index (χ4n) is 3.80. The predicted molar refractivity (Wildman–Crippen MR) is 129 cm³/mol. The number of benzene rings is 2. The number of carbonyl (C=O) groups excluding carboxylic acids is 1. The van der Waals surface area contributed by atoms with E-state index in [1.165, 1.54) is 0 Å². The molecule has 1 fully saturated rings. The molecule has 4 rings (SSSR count). The number of anilines is 2. The highest BCUT2D eigenvalue weighted by Crippen LogP contribution is 2.26. The molecule has 2 aromatic carbocycles. The number of carbonyl (C=O) groups is 1. The second kappa shape index (κ2) is 9.71. The number of aromatic nitrogens is 2. The van der Waals surface area contributed by atoms with Gasteiger partial charge in [0.15, 0.2) is 6.61 Å². The standard InChI is InChI=1S/C24H28ClN5O2/c1-16-5-8-22(20(25)13-16)32-15-23(31)27-18-6-7-21-19(14-18)17(2)26-24(28-21)30-10-4-9-29(3)11-12-30/h5-8,13-14H,4,9-12,15H2,1-3H3,(H,27,31). The minimum atomic E-state index is -0.259. The van der Waals surface area contributed by atoms with Gasteiger partial charge in [0.25, 0.3) is 5.91 Å². The van der Waals surface area contributed by atoms with Crippen LogP contribution in [0.3, 0.4) is 0 Å². The third-order valence-corrected chi connectivity index (χ3v) is 5.90. The predicted octanol–water partition coefficient (Wildman–Crippen LogP) is 4.06. The van der Waals surface area contributed by atoms with Crippen molar-refractivity contribution in [2.75, 3.05) is 50.1 Å². The number of hydrogen-bond acceptors (Lipinski definition) is 6. The van der Waals surface area contributed by atoms with Crippen LogP contribution in [-0.2, 0) is 4.79 Å². The first-order chi connectivity index (χ1) is 15.4. The van der Waals surface area contributed by atoms with Gasteiger partial charge in [-0.2, -0.15) is 0 Å². The van der Waals surface area contributed by atoms with Gasteiger partial charge in [-0.25, -0.2) is 9.97 Å². The Balaban J connectivity index is 1.45. The molecular formula is C24H28ClN5O2. The van der Waals surface area contributed by atoms with E-state index in [1.807, 2.05) is 38.1 Å². The van der Waals surface area contributed by atoms with Crippen LogP contribution >= 0.6 is 11.6 Å². The number of likely N-dealkylation sites (N-methyl/N-ethyl adjacent to an activating group) is 1. The van der Waals surface area contributed by atoms with Crippen LogP contribution in [0.25, 0.3) is 10.9 Å². The molecule has 0 spiro atoms. The second-order valence-corrected chi connectivity index (χ2v) is 8.66. The number of hydrogen-bond donors (Lipinski definition) is 1. The maximum atomic E-state index is 12.4. The number of ether oxygens (including phenoxy) is 1. The first kappa shape index (κ1) is 22.3. The molecular weight excluding hydrogens is 426 g/mol. The van der Waals surface area contributed by atoms with Gasteiger partial charge in [-0.05, 0) is 69.8 Å². The molecule has 0 unspecified atom stereocenters. The van der Waals surface area contributed by atoms with Gasteiger partial charge in [0.05, 0.1) is 16.2 Å². The van der Waals surface area contributed by atoms with Crippen molar-refractivity contribution in [2.45, 2.75) is 20.3 Å². The average molecular weight is 454 g/mol. The van der Waals surface area contributed by atoms with Crippen LogP contribution in [0.1, 0.15) is 17.7 Å². The van der Waals surface area contributed by atoms with E-state index in [0.29, 0.717) is 16.5 Å². The highest BCUT2D eigenvalue weighted by Gasteiger charge is 2.16. The Morgan fingerprint density at radius 3 is 2.75 bits per heavy atom. The summed E-state index contributed by atoms with van der Waals surface area (Å²) in [5.41, 5.74) is 3.47. The lowest BCUT2D eigenvalue weighted by atomic mass is 10.1. The fraction of sp³-hybridized carbons (Fsp3) is 0.375. The first-order valence-electron chi connectivity index (χ1n) is 10.8. The van der Waals surface area contributed by atoms with E-state index < -0.39 is 0 Å². The van der Waals surface area contributed by atoms with Crippen molar-refractivity contribution in [1.82, 2.24) is 14.9 Å². The molecule has 1 N–H and O–H groups in total. The summed E-state index contributed by atoms with van der Waals surface area (Å²) in [7, 11) is 2.15. The summed E-state index contributed by atoms with van der Waals surface area (Å²) in [5, 5.41) is 4.28. The van der Waals surface area contributed by atoms with Crippen molar-refractivity contribution < 1.29 is 9.53 Å². The van der Waals surface area contributed by atoms with Gasteiger partial charge in [0.2, 0.25) is 5.95 Å². The molecule has 168 valence electrons. The van der Waals surface area contributed by atoms with Gasteiger partial charge in [0, 0.05) is 30.7 Å². The Hall–Kier alpha value is -2.90. The maximum absolute atomic E-state index is 12.4. The molecule has 3 aromatic rings. The van der Waals surface area contributed by atoms with E-state index in [2.05, 4.69) is 22.2 Å². The molecule has 1 saturated heterocycles. The Morgan fingerprint density at radius 2 is 1.94 bits per heavy atom. The Bertz CT molecular complexity index is 1140. The lowest BCUT2D eigenvalue weighted by Gasteiger charge is -2.21. The summed E-state index contributed by atoms with van der Waals surface area (Å²) in [5.74, 6) is 0.998. The molecule has 1 aliphatic heterocycles. The van der Waals surface area contributed by atoms with Crippen LogP contribution in [0.15, 0.2) is 36.4 Å². The van der Waals surface area contributed by atoms with Gasteiger partial charge >= 0.3 is 0 Å². The molecule has 8 heteroatoms. The number of aryl methyl sites for hydroxylation is 2. The molecule has 0 bridgehead atoms. The van der Waals surface area contributed by atoms with E-state index in [4.69, 9.17) is 26.3 Å². The minimum Gasteiger partial charge on any atom is -0.482 e. The van der Waals surface area contributed by atoms with Gasteiger partial charge < -0.3 is 19.9 Å².